The van der Waals surface area contributed by atoms with Gasteiger partial charge in [0.05, 0.1) is 6.26 Å². The number of carbonyl (C=O) groups is 1. The van der Waals surface area contributed by atoms with Gasteiger partial charge in [-0.3, -0.25) is 0 Å². The maximum Gasteiger partial charge on any atom is 0.460 e. The van der Waals surface area contributed by atoms with Crippen LogP contribution in [0.1, 0.15) is 0 Å². The number of alkyl halides is 15. The Kier molecular flexibility index (Phi) is 7.36. The predicted molar refractivity (Wildman–Crippen MR) is 62.8 cm³/mol. The summed E-state index contributed by atoms with van der Waals surface area (Å²) in [6.45, 7) is 0.498. The molecule has 0 saturated heterocycles. The number of carbonyl (C=O) groups excluding carboxylic acids is 1. The third-order valence-corrected chi connectivity index (χ3v) is 3.14. The van der Waals surface area contributed by atoms with Crippen LogP contribution < -0.4 is 0 Å². The van der Waals surface area contributed by atoms with Crippen molar-refractivity contribution in [2.75, 3.05) is 13.2 Å². The molecule has 0 aliphatic carbocycles. The molecule has 178 valence electrons. The van der Waals surface area contributed by atoms with Gasteiger partial charge in [0.25, 0.3) is 0 Å². The minimum absolute atomic E-state index is 0.568. The van der Waals surface area contributed by atoms with Crippen molar-refractivity contribution in [1.29, 1.82) is 0 Å². The number of hydrogen-bond acceptors (Lipinski definition) is 3. The maximum atomic E-state index is 13.3. The minimum Gasteiger partial charge on any atom is -0.498 e. The molecule has 30 heavy (non-hydrogen) atoms. The van der Waals surface area contributed by atoms with E-state index in [0.717, 1.165) is 0 Å². The summed E-state index contributed by atoms with van der Waals surface area (Å²) in [5.41, 5.74) is 0. The van der Waals surface area contributed by atoms with Crippen molar-refractivity contribution < 1.29 is 80.1 Å². The molecule has 0 atom stereocenters. The fourth-order valence-corrected chi connectivity index (χ4v) is 1.45. The molecule has 0 unspecified atom stereocenters. The highest BCUT2D eigenvalue weighted by Crippen LogP contribution is 2.62. The van der Waals surface area contributed by atoms with Crippen LogP contribution in [0.5, 0.6) is 0 Å². The molecule has 3 nitrogen and oxygen atoms in total. The van der Waals surface area contributed by atoms with E-state index in [0.29, 0.717) is 6.26 Å². The van der Waals surface area contributed by atoms with Crippen LogP contribution in [0.4, 0.5) is 65.9 Å². The Morgan fingerprint density at radius 3 is 1.37 bits per heavy atom. The van der Waals surface area contributed by atoms with Gasteiger partial charge in [0, 0.05) is 0 Å². The van der Waals surface area contributed by atoms with Crippen molar-refractivity contribution in [1.82, 2.24) is 0 Å². The molecule has 0 aromatic rings. The molecule has 0 amide bonds. The molecule has 0 N–H and O–H groups in total. The van der Waals surface area contributed by atoms with E-state index in [1.165, 1.54) is 0 Å². The predicted octanol–water partition coefficient (Wildman–Crippen LogP) is 5.06. The quantitative estimate of drug-likeness (QED) is 0.188. The highest BCUT2D eigenvalue weighted by Gasteiger charge is 2.94. The second-order valence-corrected chi connectivity index (χ2v) is 5.12. The number of hydrogen-bond donors (Lipinski definition) is 0. The van der Waals surface area contributed by atoms with Gasteiger partial charge >= 0.3 is 47.7 Å². The molecule has 0 rings (SSSR count). The van der Waals surface area contributed by atoms with Crippen molar-refractivity contribution in [2.24, 2.45) is 0 Å². The number of rotatable bonds is 10. The summed E-state index contributed by atoms with van der Waals surface area (Å²) in [4.78, 5) is 10.8. The van der Waals surface area contributed by atoms with E-state index in [9.17, 15) is 70.7 Å². The lowest BCUT2D eigenvalue weighted by molar-refractivity contribution is -0.450. The number of halogens is 15. The largest absolute Gasteiger partial charge is 0.498 e. The lowest BCUT2D eigenvalue weighted by atomic mass is 9.91. The second kappa shape index (κ2) is 7.90. The van der Waals surface area contributed by atoms with Gasteiger partial charge in [-0.25, -0.2) is 4.79 Å². The first-order chi connectivity index (χ1) is 13.0. The third-order valence-electron chi connectivity index (χ3n) is 3.14. The van der Waals surface area contributed by atoms with Gasteiger partial charge in [-0.15, -0.1) is 0 Å². The van der Waals surface area contributed by atoms with Crippen LogP contribution in [0.15, 0.2) is 12.8 Å². The topological polar surface area (TPSA) is 35.5 Å². The first kappa shape index (κ1) is 28.0. The molecule has 0 radical (unpaired) electrons. The molecular formula is C12H7F15O3. The molecule has 18 heteroatoms. The summed E-state index contributed by atoms with van der Waals surface area (Å²) in [7, 11) is 0. The third kappa shape index (κ3) is 3.95. The fourth-order valence-electron chi connectivity index (χ4n) is 1.45. The maximum absolute atomic E-state index is 13.3. The van der Waals surface area contributed by atoms with E-state index >= 15 is 0 Å². The Bertz CT molecular complexity index is 637. The molecule has 0 spiro atoms. The Labute approximate surface area is 155 Å². The lowest BCUT2D eigenvalue weighted by Gasteiger charge is -2.40. The van der Waals surface area contributed by atoms with Crippen LogP contribution in [0.25, 0.3) is 0 Å². The van der Waals surface area contributed by atoms with Gasteiger partial charge in [0.1, 0.15) is 13.2 Å². The van der Waals surface area contributed by atoms with Gasteiger partial charge in [0.2, 0.25) is 0 Å². The smallest absolute Gasteiger partial charge is 0.460 e. The molecule has 0 fully saturated rings. The molecule has 0 aliphatic rings. The van der Waals surface area contributed by atoms with E-state index in [2.05, 4.69) is 16.1 Å². The van der Waals surface area contributed by atoms with E-state index in [-0.39, 0.29) is 0 Å². The van der Waals surface area contributed by atoms with E-state index in [4.69, 9.17) is 0 Å². The average molecular weight is 484 g/mol. The van der Waals surface area contributed by atoms with E-state index < -0.39 is 60.9 Å². The van der Waals surface area contributed by atoms with Crippen LogP contribution in [0, 0.1) is 0 Å². The average Bonchev–Trinajstić information content (AvgIpc) is 2.56. The van der Waals surface area contributed by atoms with Crippen LogP contribution in [0.2, 0.25) is 0 Å². The molecular weight excluding hydrogens is 477 g/mol. The van der Waals surface area contributed by atoms with E-state index in [1.54, 1.807) is 0 Å². The second-order valence-electron chi connectivity index (χ2n) is 5.12. The van der Waals surface area contributed by atoms with Crippen molar-refractivity contribution in [3.05, 3.63) is 12.8 Å². The van der Waals surface area contributed by atoms with Crippen LogP contribution in [-0.2, 0) is 14.3 Å². The first-order valence-corrected chi connectivity index (χ1v) is 6.71. The molecule has 0 aromatic heterocycles. The summed E-state index contributed by atoms with van der Waals surface area (Å²) in [6.07, 6.45) is -7.13. The molecule has 0 heterocycles. The van der Waals surface area contributed by atoms with Crippen LogP contribution >= 0.6 is 0 Å². The Morgan fingerprint density at radius 1 is 0.633 bits per heavy atom. The highest BCUT2D eigenvalue weighted by atomic mass is 19.4. The van der Waals surface area contributed by atoms with E-state index in [1.807, 2.05) is 0 Å². The number of ether oxygens (including phenoxy) is 2. The monoisotopic (exact) mass is 484 g/mol. The zero-order chi connectivity index (χ0) is 24.6. The van der Waals surface area contributed by atoms with Crippen molar-refractivity contribution >= 4 is 5.97 Å². The number of esters is 1. The summed E-state index contributed by atoms with van der Waals surface area (Å²) in [5.74, 6) is -52.0. The standard InChI is InChI=1S/C12H7F15O3/c1-2-29-3-4-30-5(28)6(13,14)7(15,16)8(17,18)9(19,20)10(21,22)11(23,24)12(25,26)27/h2H,1,3-4H2. The molecule has 0 aromatic carbocycles. The SMILES string of the molecule is C=COCCOC(=O)C(F)(F)C(F)(F)C(F)(F)C(F)(F)C(F)(F)C(F)(F)C(F)(F)F. The van der Waals surface area contributed by atoms with Crippen LogP contribution in [-0.4, -0.2) is 60.9 Å². The van der Waals surface area contributed by atoms with Crippen LogP contribution in [0.3, 0.4) is 0 Å². The normalized spacial score (nSPS) is 15.0. The van der Waals surface area contributed by atoms with Gasteiger partial charge in [-0.1, -0.05) is 6.58 Å². The van der Waals surface area contributed by atoms with Gasteiger partial charge in [-0.05, 0) is 0 Å². The van der Waals surface area contributed by atoms with Crippen molar-refractivity contribution in [2.45, 2.75) is 41.7 Å². The zero-order valence-corrected chi connectivity index (χ0v) is 13.6. The molecule has 0 bridgehead atoms. The summed E-state index contributed by atoms with van der Waals surface area (Å²) >= 11 is 0. The summed E-state index contributed by atoms with van der Waals surface area (Å²) < 4.78 is 200. The Balaban J connectivity index is 6.23. The Morgan fingerprint density at radius 2 is 1.00 bits per heavy atom. The van der Waals surface area contributed by atoms with Crippen molar-refractivity contribution in [3.63, 3.8) is 0 Å². The first-order valence-electron chi connectivity index (χ1n) is 6.71. The van der Waals surface area contributed by atoms with Gasteiger partial charge < -0.3 is 9.47 Å². The Hall–Kier alpha value is -2.04. The van der Waals surface area contributed by atoms with Gasteiger partial charge in [-0.2, -0.15) is 65.9 Å². The lowest BCUT2D eigenvalue weighted by Crippen LogP contribution is -2.73. The summed E-state index contributed by atoms with van der Waals surface area (Å²) in [6, 6.07) is 0. The summed E-state index contributed by atoms with van der Waals surface area (Å²) in [5, 5.41) is 0. The molecule has 0 aliphatic heterocycles. The van der Waals surface area contributed by atoms with Gasteiger partial charge in [0.15, 0.2) is 0 Å². The van der Waals surface area contributed by atoms with Crippen molar-refractivity contribution in [3.8, 4) is 0 Å². The fraction of sp³-hybridized carbons (Fsp3) is 0.750. The zero-order valence-electron chi connectivity index (χ0n) is 13.6. The highest BCUT2D eigenvalue weighted by molar-refractivity contribution is 5.79. The minimum atomic E-state index is -8.46. The molecule has 0 saturated carbocycles.